The van der Waals surface area contributed by atoms with E-state index in [2.05, 4.69) is 25.2 Å². The molecule has 0 amide bonds. The monoisotopic (exact) mass is 439 g/mol. The lowest BCUT2D eigenvalue weighted by molar-refractivity contribution is -0.138. The summed E-state index contributed by atoms with van der Waals surface area (Å²) < 4.78 is 0. The number of aliphatic carboxylic acids is 2. The summed E-state index contributed by atoms with van der Waals surface area (Å²) >= 11 is 1.26. The van der Waals surface area contributed by atoms with E-state index in [4.69, 9.17) is 15.9 Å². The van der Waals surface area contributed by atoms with Gasteiger partial charge in [0.05, 0.1) is 6.10 Å². The lowest BCUT2D eigenvalue weighted by Crippen LogP contribution is -2.34. The second-order valence-electron chi connectivity index (χ2n) is 7.00. The van der Waals surface area contributed by atoms with Gasteiger partial charge >= 0.3 is 11.9 Å². The van der Waals surface area contributed by atoms with Crippen LogP contribution in [0.2, 0.25) is 0 Å². The van der Waals surface area contributed by atoms with Crippen molar-refractivity contribution >= 4 is 23.7 Å². The maximum atomic E-state index is 10.9. The highest BCUT2D eigenvalue weighted by atomic mass is 32.2. The highest BCUT2D eigenvalue weighted by Crippen LogP contribution is 2.21. The Balaban J connectivity index is 4.51. The number of carboxylic acids is 2. The summed E-state index contributed by atoms with van der Waals surface area (Å²) in [5.74, 6) is -1.83. The van der Waals surface area contributed by atoms with Crippen LogP contribution in [0.25, 0.3) is 0 Å². The standard InChI is InChI=1S/C23H37NO5S/c1-2-3-4-5-6-7-8-9-10-11-12-13-16-21(30-18-19(24)23(28)29)20(25)15-14-17-22(26)27/h6-7,9-13,16,19-21,25H,2-5,8,14-15,17-18,24H2,1H3,(H,26,27)(H,28,29)/b7-6+,10-9+,12-11+,16-13+/t19?,20-,21+/m0/s1. The van der Waals surface area contributed by atoms with Crippen LogP contribution in [0.4, 0.5) is 0 Å². The first-order valence-electron chi connectivity index (χ1n) is 10.5. The van der Waals surface area contributed by atoms with E-state index in [0.29, 0.717) is 12.8 Å². The molecule has 0 heterocycles. The summed E-state index contributed by atoms with van der Waals surface area (Å²) in [6, 6.07) is -1.01. The van der Waals surface area contributed by atoms with Crippen LogP contribution in [0, 0.1) is 0 Å². The molecule has 6 nitrogen and oxygen atoms in total. The van der Waals surface area contributed by atoms with Gasteiger partial charge < -0.3 is 21.1 Å². The van der Waals surface area contributed by atoms with Gasteiger partial charge in [0.1, 0.15) is 6.04 Å². The van der Waals surface area contributed by atoms with E-state index in [1.807, 2.05) is 18.2 Å². The number of aliphatic hydroxyl groups is 1. The number of rotatable bonds is 18. The fourth-order valence-electron chi connectivity index (χ4n) is 2.47. The molecule has 0 rings (SSSR count). The van der Waals surface area contributed by atoms with Crippen LogP contribution in [0.3, 0.4) is 0 Å². The SMILES string of the molecule is CCCCC/C=C/C/C=C/C=C/C=C/[C@@H](SCC(N)C(=O)O)[C@@H](O)CCCC(=O)O. The average molecular weight is 440 g/mol. The van der Waals surface area contributed by atoms with Crippen LogP contribution >= 0.6 is 11.8 Å². The van der Waals surface area contributed by atoms with Gasteiger partial charge in [0.25, 0.3) is 0 Å². The number of thioether (sulfide) groups is 1. The first kappa shape index (κ1) is 28.2. The van der Waals surface area contributed by atoms with Crippen molar-refractivity contribution in [2.24, 2.45) is 5.73 Å². The first-order chi connectivity index (χ1) is 14.4. The van der Waals surface area contributed by atoms with Crippen LogP contribution in [-0.4, -0.2) is 50.4 Å². The van der Waals surface area contributed by atoms with Crippen LogP contribution in [0.15, 0.2) is 48.6 Å². The molecule has 0 spiro atoms. The van der Waals surface area contributed by atoms with Gasteiger partial charge in [-0.25, -0.2) is 0 Å². The molecule has 5 N–H and O–H groups in total. The Hall–Kier alpha value is -1.83. The molecule has 30 heavy (non-hydrogen) atoms. The van der Waals surface area contributed by atoms with E-state index < -0.39 is 24.1 Å². The number of carbonyl (C=O) groups is 2. The smallest absolute Gasteiger partial charge is 0.321 e. The van der Waals surface area contributed by atoms with Crippen molar-refractivity contribution < 1.29 is 24.9 Å². The third-order valence-electron chi connectivity index (χ3n) is 4.24. The van der Waals surface area contributed by atoms with Gasteiger partial charge in [-0.3, -0.25) is 9.59 Å². The molecule has 0 saturated carbocycles. The number of allylic oxidation sites excluding steroid dienone is 7. The maximum Gasteiger partial charge on any atom is 0.321 e. The maximum absolute atomic E-state index is 10.9. The highest BCUT2D eigenvalue weighted by Gasteiger charge is 2.20. The lowest BCUT2D eigenvalue weighted by Gasteiger charge is -2.20. The Morgan fingerprint density at radius 2 is 1.73 bits per heavy atom. The van der Waals surface area contributed by atoms with E-state index in [1.54, 1.807) is 12.2 Å². The van der Waals surface area contributed by atoms with Crippen LogP contribution < -0.4 is 5.73 Å². The van der Waals surface area contributed by atoms with E-state index in [0.717, 1.165) is 12.8 Å². The van der Waals surface area contributed by atoms with Gasteiger partial charge in [-0.15, -0.1) is 11.8 Å². The molecule has 0 aliphatic heterocycles. The molecule has 0 aromatic carbocycles. The van der Waals surface area contributed by atoms with Gasteiger partial charge in [-0.05, 0) is 32.1 Å². The van der Waals surface area contributed by atoms with Gasteiger partial charge in [-0.2, -0.15) is 0 Å². The second kappa shape index (κ2) is 19.2. The highest BCUT2D eigenvalue weighted by molar-refractivity contribution is 8.00. The van der Waals surface area contributed by atoms with Crippen molar-refractivity contribution in [2.45, 2.75) is 75.7 Å². The number of hydrogen-bond acceptors (Lipinski definition) is 5. The van der Waals surface area contributed by atoms with Crippen molar-refractivity contribution in [3.8, 4) is 0 Å². The molecular formula is C23H37NO5S. The molecule has 170 valence electrons. The fourth-order valence-corrected chi connectivity index (χ4v) is 3.60. The molecule has 0 aliphatic rings. The molecule has 0 bridgehead atoms. The summed E-state index contributed by atoms with van der Waals surface area (Å²) in [7, 11) is 0. The third kappa shape index (κ3) is 17.1. The molecule has 0 aliphatic carbocycles. The average Bonchev–Trinajstić information content (AvgIpc) is 2.70. The van der Waals surface area contributed by atoms with Crippen molar-refractivity contribution in [3.63, 3.8) is 0 Å². The van der Waals surface area contributed by atoms with Gasteiger partial charge in [-0.1, -0.05) is 68.4 Å². The summed E-state index contributed by atoms with van der Waals surface area (Å²) in [6.07, 6.45) is 21.3. The molecule has 0 saturated heterocycles. The number of nitrogens with two attached hydrogens (primary N) is 1. The predicted molar refractivity (Wildman–Crippen MR) is 125 cm³/mol. The van der Waals surface area contributed by atoms with Crippen molar-refractivity contribution in [1.82, 2.24) is 0 Å². The Morgan fingerprint density at radius 3 is 2.40 bits per heavy atom. The molecule has 0 aromatic rings. The lowest BCUT2D eigenvalue weighted by atomic mass is 10.1. The van der Waals surface area contributed by atoms with Gasteiger partial charge in [0.15, 0.2) is 0 Å². The minimum atomic E-state index is -1.09. The summed E-state index contributed by atoms with van der Waals surface area (Å²) in [4.78, 5) is 21.5. The number of aliphatic hydroxyl groups excluding tert-OH is 1. The molecule has 7 heteroatoms. The predicted octanol–water partition coefficient (Wildman–Crippen LogP) is 4.31. The second-order valence-corrected chi connectivity index (χ2v) is 8.21. The normalized spacial score (nSPS) is 15.4. The summed E-state index contributed by atoms with van der Waals surface area (Å²) in [6.45, 7) is 2.19. The Morgan fingerprint density at radius 1 is 1.00 bits per heavy atom. The number of unbranched alkanes of at least 4 members (excludes halogenated alkanes) is 3. The zero-order valence-corrected chi connectivity index (χ0v) is 18.7. The quantitative estimate of drug-likeness (QED) is 0.143. The first-order valence-corrected chi connectivity index (χ1v) is 11.6. The van der Waals surface area contributed by atoms with E-state index in [9.17, 15) is 14.7 Å². The third-order valence-corrected chi connectivity index (χ3v) is 5.65. The minimum absolute atomic E-state index is 0.00938. The molecule has 0 aromatic heterocycles. The summed E-state index contributed by atoms with van der Waals surface area (Å²) in [5.41, 5.74) is 5.54. The zero-order chi connectivity index (χ0) is 22.6. The molecule has 3 atom stereocenters. The molecular weight excluding hydrogens is 402 g/mol. The molecule has 1 unspecified atom stereocenters. The Kier molecular flexibility index (Phi) is 18.0. The summed E-state index contributed by atoms with van der Waals surface area (Å²) in [5, 5.41) is 27.6. The molecule has 0 fully saturated rings. The van der Waals surface area contributed by atoms with Crippen LogP contribution in [0.1, 0.15) is 58.3 Å². The van der Waals surface area contributed by atoms with E-state index in [1.165, 1.54) is 31.0 Å². The van der Waals surface area contributed by atoms with Crippen LogP contribution in [-0.2, 0) is 9.59 Å². The zero-order valence-electron chi connectivity index (χ0n) is 17.9. The minimum Gasteiger partial charge on any atom is -0.481 e. The molecule has 0 radical (unpaired) electrons. The topological polar surface area (TPSA) is 121 Å². The number of hydrogen-bond donors (Lipinski definition) is 4. The van der Waals surface area contributed by atoms with Crippen molar-refractivity contribution in [1.29, 1.82) is 0 Å². The van der Waals surface area contributed by atoms with Gasteiger partial charge in [0, 0.05) is 17.4 Å². The van der Waals surface area contributed by atoms with Gasteiger partial charge in [0.2, 0.25) is 0 Å². The fraction of sp³-hybridized carbons (Fsp3) is 0.565. The number of carboxylic acid groups (broad SMARTS) is 2. The van der Waals surface area contributed by atoms with Crippen molar-refractivity contribution in [3.05, 3.63) is 48.6 Å². The Labute approximate surface area is 184 Å². The van der Waals surface area contributed by atoms with E-state index >= 15 is 0 Å². The van der Waals surface area contributed by atoms with Crippen molar-refractivity contribution in [2.75, 3.05) is 5.75 Å². The largest absolute Gasteiger partial charge is 0.481 e. The van der Waals surface area contributed by atoms with Crippen LogP contribution in [0.5, 0.6) is 0 Å². The van der Waals surface area contributed by atoms with E-state index in [-0.39, 0.29) is 17.4 Å². The Bertz CT molecular complexity index is 586.